The van der Waals surface area contributed by atoms with Gasteiger partial charge in [0.15, 0.2) is 5.84 Å². The average Bonchev–Trinajstić information content (AvgIpc) is 3.71. The minimum absolute atomic E-state index is 0.281. The smallest absolute Gasteiger partial charge is 0.271 e. The Morgan fingerprint density at radius 2 is 1.17 bits per heavy atom. The summed E-state index contributed by atoms with van der Waals surface area (Å²) in [7, 11) is 0. The fourth-order valence-corrected chi connectivity index (χ4v) is 8.69. The molecule has 0 bridgehead atoms. The molecule has 2 aromatic heterocycles. The molecular weight excluding hydrogens is 605 g/mol. The Kier molecular flexibility index (Phi) is 6.16. The second-order valence-corrected chi connectivity index (χ2v) is 13.3. The summed E-state index contributed by atoms with van der Waals surface area (Å²) in [4.78, 5) is 10.4. The number of nitrogens with zero attached hydrogens (tertiary/aromatic N) is 3. The third-order valence-corrected chi connectivity index (χ3v) is 10.9. The van der Waals surface area contributed by atoms with Crippen molar-refractivity contribution in [2.24, 2.45) is 9.98 Å². The molecule has 0 saturated heterocycles. The van der Waals surface area contributed by atoms with E-state index < -0.39 is 0 Å². The van der Waals surface area contributed by atoms with Gasteiger partial charge in [0, 0.05) is 36.5 Å². The largest absolute Gasteiger partial charge is 0.272 e. The van der Waals surface area contributed by atoms with Gasteiger partial charge in [0.05, 0.1) is 16.6 Å². The SMILES string of the molecule is c1ccc(C2=NC(n3c4ccccc4c4ccc(-c5cccc6c5sc5c7ccccc7ccc65)cc43)[NH2+]C(c3ccccc3)=N2)cc1. The normalized spacial score (nSPS) is 15.0. The number of amidine groups is 2. The highest BCUT2D eigenvalue weighted by molar-refractivity contribution is 7.27. The van der Waals surface area contributed by atoms with E-state index in [0.29, 0.717) is 0 Å². The molecule has 0 amide bonds. The minimum atomic E-state index is -0.281. The first-order valence-corrected chi connectivity index (χ1v) is 17.1. The first kappa shape index (κ1) is 27.3. The zero-order chi connectivity index (χ0) is 31.6. The first-order chi connectivity index (χ1) is 23.8. The third-order valence-electron chi connectivity index (χ3n) is 9.56. The van der Waals surface area contributed by atoms with Crippen LogP contribution in [0.3, 0.4) is 0 Å². The second kappa shape index (κ2) is 10.8. The van der Waals surface area contributed by atoms with Crippen LogP contribution in [0.2, 0.25) is 0 Å². The molecule has 4 nitrogen and oxygen atoms in total. The van der Waals surface area contributed by atoms with Crippen molar-refractivity contribution < 1.29 is 5.32 Å². The molecule has 0 spiro atoms. The zero-order valence-corrected chi connectivity index (χ0v) is 26.7. The van der Waals surface area contributed by atoms with Crippen molar-refractivity contribution in [2.45, 2.75) is 6.29 Å². The van der Waals surface area contributed by atoms with Gasteiger partial charge in [-0.25, -0.2) is 0 Å². The molecule has 0 fully saturated rings. The summed E-state index contributed by atoms with van der Waals surface area (Å²) in [5.41, 5.74) is 6.86. The number of aromatic nitrogens is 1. The van der Waals surface area contributed by atoms with Crippen LogP contribution < -0.4 is 5.32 Å². The van der Waals surface area contributed by atoms with Crippen molar-refractivity contribution >= 4 is 75.8 Å². The molecule has 3 heterocycles. The van der Waals surface area contributed by atoms with E-state index in [1.165, 1.54) is 52.8 Å². The predicted molar refractivity (Wildman–Crippen MR) is 202 cm³/mol. The van der Waals surface area contributed by atoms with E-state index in [1.54, 1.807) is 0 Å². The van der Waals surface area contributed by atoms with E-state index in [4.69, 9.17) is 9.98 Å². The Hall–Kier alpha value is -5.88. The molecule has 0 aliphatic carbocycles. The Morgan fingerprint density at radius 3 is 2.02 bits per heavy atom. The summed E-state index contributed by atoms with van der Waals surface area (Å²) < 4.78 is 5.06. The molecule has 10 rings (SSSR count). The fourth-order valence-electron chi connectivity index (χ4n) is 7.32. The lowest BCUT2D eigenvalue weighted by atomic mass is 10.0. The van der Waals surface area contributed by atoms with Crippen molar-refractivity contribution in [3.05, 3.63) is 169 Å². The lowest BCUT2D eigenvalue weighted by Crippen LogP contribution is -2.91. The number of nitrogens with two attached hydrogens (primary N) is 1. The minimum Gasteiger partial charge on any atom is -0.271 e. The molecule has 0 saturated carbocycles. The molecule has 7 aromatic carbocycles. The van der Waals surface area contributed by atoms with Gasteiger partial charge in [0.1, 0.15) is 0 Å². The van der Waals surface area contributed by atoms with Crippen LogP contribution in [-0.4, -0.2) is 16.2 Å². The number of rotatable bonds is 4. The Morgan fingerprint density at radius 1 is 0.500 bits per heavy atom. The van der Waals surface area contributed by atoms with Crippen molar-refractivity contribution in [2.75, 3.05) is 0 Å². The number of benzene rings is 7. The van der Waals surface area contributed by atoms with Gasteiger partial charge < -0.3 is 0 Å². The van der Waals surface area contributed by atoms with E-state index in [1.807, 2.05) is 35.6 Å². The Bertz CT molecular complexity index is 2750. The maximum atomic E-state index is 5.32. The molecule has 0 radical (unpaired) electrons. The molecular formula is C43H29N4S+. The number of quaternary nitrogens is 1. The summed E-state index contributed by atoms with van der Waals surface area (Å²) in [5.74, 6) is 1.67. The van der Waals surface area contributed by atoms with Crippen LogP contribution >= 0.6 is 11.3 Å². The standard InChI is InChI=1S/C43H28N4S/c1-3-13-28(14-4-1)41-44-42(29-15-5-2-6-16-29)46-43(45-41)47-37-21-10-9-18-33(37)34-24-23-30(26-38(34)47)32-19-11-20-35-36-25-22-27-12-7-8-17-31(27)39(36)48-40(32)35/h1-26,43H,(H,44,45,46)/p+1. The van der Waals surface area contributed by atoms with Gasteiger partial charge in [-0.15, -0.1) is 11.3 Å². The van der Waals surface area contributed by atoms with Gasteiger partial charge in [-0.1, -0.05) is 133 Å². The van der Waals surface area contributed by atoms with Crippen LogP contribution in [0.4, 0.5) is 0 Å². The van der Waals surface area contributed by atoms with Crippen LogP contribution in [-0.2, 0) is 0 Å². The number of fused-ring (bicyclic) bond motifs is 8. The van der Waals surface area contributed by atoms with Crippen LogP contribution in [0.15, 0.2) is 168 Å². The van der Waals surface area contributed by atoms with Crippen LogP contribution in [0.1, 0.15) is 17.4 Å². The van der Waals surface area contributed by atoms with Crippen molar-refractivity contribution in [1.29, 1.82) is 0 Å². The van der Waals surface area contributed by atoms with E-state index in [0.717, 1.165) is 33.8 Å². The molecule has 226 valence electrons. The average molecular weight is 634 g/mol. The Balaban J connectivity index is 1.20. The van der Waals surface area contributed by atoms with Crippen molar-refractivity contribution in [3.63, 3.8) is 0 Å². The molecule has 1 unspecified atom stereocenters. The highest BCUT2D eigenvalue weighted by Gasteiger charge is 2.28. The summed E-state index contributed by atoms with van der Waals surface area (Å²) in [5, 5.41) is 9.86. The number of hydrogen-bond acceptors (Lipinski definition) is 3. The molecule has 5 heteroatoms. The number of para-hydroxylation sites is 1. The van der Waals surface area contributed by atoms with Gasteiger partial charge in [0.25, 0.3) is 6.29 Å². The van der Waals surface area contributed by atoms with Crippen molar-refractivity contribution in [1.82, 2.24) is 4.57 Å². The molecule has 9 aromatic rings. The fraction of sp³-hybridized carbons (Fsp3) is 0.0233. The number of hydrogen-bond donors (Lipinski definition) is 1. The van der Waals surface area contributed by atoms with E-state index in [-0.39, 0.29) is 6.29 Å². The first-order valence-electron chi connectivity index (χ1n) is 16.3. The number of aliphatic imine (C=N–C) groups is 2. The summed E-state index contributed by atoms with van der Waals surface area (Å²) >= 11 is 1.90. The highest BCUT2D eigenvalue weighted by Crippen LogP contribution is 2.43. The quantitative estimate of drug-likeness (QED) is 0.201. The molecule has 48 heavy (non-hydrogen) atoms. The van der Waals surface area contributed by atoms with Crippen LogP contribution in [0, 0.1) is 0 Å². The maximum Gasteiger partial charge on any atom is 0.272 e. The highest BCUT2D eigenvalue weighted by atomic mass is 32.1. The monoisotopic (exact) mass is 633 g/mol. The van der Waals surface area contributed by atoms with E-state index in [2.05, 4.69) is 143 Å². The molecule has 2 N–H and O–H groups in total. The molecule has 1 aliphatic heterocycles. The van der Waals surface area contributed by atoms with E-state index >= 15 is 0 Å². The predicted octanol–water partition coefficient (Wildman–Crippen LogP) is 9.91. The molecule has 1 atom stereocenters. The maximum absolute atomic E-state index is 5.32. The molecule has 1 aliphatic rings. The Labute approximate surface area is 281 Å². The second-order valence-electron chi connectivity index (χ2n) is 12.3. The van der Waals surface area contributed by atoms with Gasteiger partial charge in [-0.3, -0.25) is 9.88 Å². The van der Waals surface area contributed by atoms with Gasteiger partial charge in [0.2, 0.25) is 5.84 Å². The van der Waals surface area contributed by atoms with Crippen molar-refractivity contribution in [3.8, 4) is 11.1 Å². The lowest BCUT2D eigenvalue weighted by molar-refractivity contribution is -0.603. The van der Waals surface area contributed by atoms with Crippen LogP contribution in [0.5, 0.6) is 0 Å². The number of thiophene rings is 1. The third kappa shape index (κ3) is 4.26. The van der Waals surface area contributed by atoms with Gasteiger partial charge in [-0.2, -0.15) is 9.98 Å². The van der Waals surface area contributed by atoms with E-state index in [9.17, 15) is 0 Å². The van der Waals surface area contributed by atoms with Gasteiger partial charge >= 0.3 is 0 Å². The topological polar surface area (TPSA) is 46.3 Å². The summed E-state index contributed by atoms with van der Waals surface area (Å²) in [6.07, 6.45) is -0.281. The summed E-state index contributed by atoms with van der Waals surface area (Å²) in [6, 6.07) is 56.4. The lowest BCUT2D eigenvalue weighted by Gasteiger charge is -2.21. The van der Waals surface area contributed by atoms with Gasteiger partial charge in [-0.05, 0) is 46.2 Å². The zero-order valence-electron chi connectivity index (χ0n) is 25.9. The summed E-state index contributed by atoms with van der Waals surface area (Å²) in [6.45, 7) is 0. The van der Waals surface area contributed by atoms with Crippen LogP contribution in [0.25, 0.3) is 63.9 Å².